The van der Waals surface area contributed by atoms with Crippen molar-refractivity contribution >= 4 is 5.78 Å². The summed E-state index contributed by atoms with van der Waals surface area (Å²) in [5.74, 6) is 0.737. The third-order valence-corrected chi connectivity index (χ3v) is 2.61. The Kier molecular flexibility index (Phi) is 3.87. The summed E-state index contributed by atoms with van der Waals surface area (Å²) in [5.41, 5.74) is 2.13. The zero-order chi connectivity index (χ0) is 10.6. The van der Waals surface area contributed by atoms with Crippen LogP contribution in [0.4, 0.5) is 0 Å². The third kappa shape index (κ3) is 2.69. The van der Waals surface area contributed by atoms with Gasteiger partial charge >= 0.3 is 0 Å². The van der Waals surface area contributed by atoms with Gasteiger partial charge in [-0.2, -0.15) is 0 Å². The van der Waals surface area contributed by atoms with Gasteiger partial charge in [-0.15, -0.1) is 0 Å². The van der Waals surface area contributed by atoms with Crippen molar-refractivity contribution in [2.24, 2.45) is 0 Å². The Labute approximate surface area is 86.1 Å². The van der Waals surface area contributed by atoms with E-state index in [9.17, 15) is 4.79 Å². The number of Topliss-reactive ketones (excluding diaryl/α,β-unsaturated/α-hetero) is 1. The fourth-order valence-electron chi connectivity index (χ4n) is 1.65. The molecule has 0 aliphatic carbocycles. The Balaban J connectivity index is 2.77. The molecule has 0 aliphatic rings. The van der Waals surface area contributed by atoms with E-state index in [1.807, 2.05) is 12.1 Å². The molecule has 76 valence electrons. The molecule has 0 aromatic heterocycles. The van der Waals surface area contributed by atoms with Crippen LogP contribution in [0.3, 0.4) is 0 Å². The quantitative estimate of drug-likeness (QED) is 0.660. The number of rotatable bonds is 4. The van der Waals surface area contributed by atoms with Gasteiger partial charge in [0.15, 0.2) is 5.78 Å². The Hall–Kier alpha value is -1.11. The van der Waals surface area contributed by atoms with Crippen molar-refractivity contribution in [1.29, 1.82) is 0 Å². The van der Waals surface area contributed by atoms with Gasteiger partial charge in [-0.1, -0.05) is 44.5 Å². The summed E-state index contributed by atoms with van der Waals surface area (Å²) in [6, 6.07) is 7.97. The largest absolute Gasteiger partial charge is 0.295 e. The van der Waals surface area contributed by atoms with Gasteiger partial charge in [0.25, 0.3) is 0 Å². The Bertz CT molecular complexity index is 298. The summed E-state index contributed by atoms with van der Waals surface area (Å²) in [7, 11) is 0. The van der Waals surface area contributed by atoms with Crippen LogP contribution in [0.2, 0.25) is 0 Å². The minimum absolute atomic E-state index is 0.139. The molecule has 0 saturated heterocycles. The number of ketones is 1. The van der Waals surface area contributed by atoms with Crippen LogP contribution in [0.1, 0.15) is 55.5 Å². The third-order valence-electron chi connectivity index (χ3n) is 2.61. The molecule has 1 aromatic rings. The van der Waals surface area contributed by atoms with Gasteiger partial charge in [0.05, 0.1) is 0 Å². The van der Waals surface area contributed by atoms with E-state index < -0.39 is 0 Å². The van der Waals surface area contributed by atoms with Crippen molar-refractivity contribution < 1.29 is 4.79 Å². The molecule has 1 unspecified atom stereocenters. The van der Waals surface area contributed by atoms with E-state index in [4.69, 9.17) is 0 Å². The van der Waals surface area contributed by atoms with Crippen LogP contribution in [-0.2, 0) is 0 Å². The van der Waals surface area contributed by atoms with E-state index in [1.54, 1.807) is 6.92 Å². The van der Waals surface area contributed by atoms with Crippen molar-refractivity contribution in [2.45, 2.75) is 39.5 Å². The minimum Gasteiger partial charge on any atom is -0.295 e. The summed E-state index contributed by atoms with van der Waals surface area (Å²) < 4.78 is 0. The van der Waals surface area contributed by atoms with E-state index in [2.05, 4.69) is 26.0 Å². The normalized spacial score (nSPS) is 12.5. The smallest absolute Gasteiger partial charge is 0.159 e. The van der Waals surface area contributed by atoms with E-state index >= 15 is 0 Å². The van der Waals surface area contributed by atoms with E-state index in [1.165, 1.54) is 18.4 Å². The zero-order valence-corrected chi connectivity index (χ0v) is 9.21. The molecule has 0 radical (unpaired) electrons. The standard InChI is InChI=1S/C13H18O/c1-4-5-10(2)12-6-8-13(9-7-12)11(3)14/h6-10H,4-5H2,1-3H3. The van der Waals surface area contributed by atoms with Gasteiger partial charge in [-0.3, -0.25) is 4.79 Å². The SMILES string of the molecule is CCCC(C)c1ccc(C(C)=O)cc1. The molecular weight excluding hydrogens is 172 g/mol. The number of carbonyl (C=O) groups is 1. The number of hydrogen-bond donors (Lipinski definition) is 0. The number of carbonyl (C=O) groups excluding carboxylic acids is 1. The van der Waals surface area contributed by atoms with Crippen molar-refractivity contribution in [3.05, 3.63) is 35.4 Å². The fraction of sp³-hybridized carbons (Fsp3) is 0.462. The lowest BCUT2D eigenvalue weighted by atomic mass is 9.95. The van der Waals surface area contributed by atoms with Crippen LogP contribution in [0.25, 0.3) is 0 Å². The highest BCUT2D eigenvalue weighted by Gasteiger charge is 2.04. The van der Waals surface area contributed by atoms with Crippen LogP contribution >= 0.6 is 0 Å². The maximum atomic E-state index is 11.1. The number of benzene rings is 1. The first-order valence-corrected chi connectivity index (χ1v) is 5.26. The Morgan fingerprint density at radius 3 is 2.29 bits per heavy atom. The maximum absolute atomic E-state index is 11.1. The monoisotopic (exact) mass is 190 g/mol. The van der Waals surface area contributed by atoms with Crippen molar-refractivity contribution in [3.8, 4) is 0 Å². The highest BCUT2D eigenvalue weighted by molar-refractivity contribution is 5.94. The molecule has 0 heterocycles. The van der Waals surface area contributed by atoms with Crippen molar-refractivity contribution in [3.63, 3.8) is 0 Å². The summed E-state index contributed by atoms with van der Waals surface area (Å²) in [5, 5.41) is 0. The van der Waals surface area contributed by atoms with E-state index in [-0.39, 0.29) is 5.78 Å². The zero-order valence-electron chi connectivity index (χ0n) is 9.21. The molecule has 1 nitrogen and oxygen atoms in total. The second-order valence-electron chi connectivity index (χ2n) is 3.87. The van der Waals surface area contributed by atoms with E-state index in [0.717, 1.165) is 5.56 Å². The second kappa shape index (κ2) is 4.94. The molecule has 14 heavy (non-hydrogen) atoms. The van der Waals surface area contributed by atoms with Crippen molar-refractivity contribution in [2.75, 3.05) is 0 Å². The second-order valence-corrected chi connectivity index (χ2v) is 3.87. The molecule has 1 rings (SSSR count). The predicted octanol–water partition coefficient (Wildman–Crippen LogP) is 3.79. The van der Waals surface area contributed by atoms with Gasteiger partial charge in [0, 0.05) is 5.56 Å². The average Bonchev–Trinajstić information content (AvgIpc) is 2.18. The average molecular weight is 190 g/mol. The molecule has 1 heteroatoms. The fourth-order valence-corrected chi connectivity index (χ4v) is 1.65. The first-order valence-electron chi connectivity index (χ1n) is 5.26. The van der Waals surface area contributed by atoms with Crippen LogP contribution < -0.4 is 0 Å². The predicted molar refractivity (Wildman–Crippen MR) is 59.8 cm³/mol. The molecule has 0 N–H and O–H groups in total. The summed E-state index contributed by atoms with van der Waals surface area (Å²) >= 11 is 0. The van der Waals surface area contributed by atoms with Gasteiger partial charge in [0.1, 0.15) is 0 Å². The highest BCUT2D eigenvalue weighted by atomic mass is 16.1. The van der Waals surface area contributed by atoms with Crippen LogP contribution in [0, 0.1) is 0 Å². The molecule has 0 bridgehead atoms. The summed E-state index contributed by atoms with van der Waals surface area (Å²) in [6.07, 6.45) is 2.41. The van der Waals surface area contributed by atoms with Crippen LogP contribution in [0.5, 0.6) is 0 Å². The van der Waals surface area contributed by atoms with Crippen LogP contribution in [0.15, 0.2) is 24.3 Å². The van der Waals surface area contributed by atoms with Gasteiger partial charge in [-0.05, 0) is 24.8 Å². The van der Waals surface area contributed by atoms with Crippen LogP contribution in [-0.4, -0.2) is 5.78 Å². The molecule has 0 spiro atoms. The Morgan fingerprint density at radius 1 is 1.29 bits per heavy atom. The highest BCUT2D eigenvalue weighted by Crippen LogP contribution is 2.20. The first-order chi connectivity index (χ1) is 6.65. The minimum atomic E-state index is 0.139. The molecule has 1 atom stereocenters. The maximum Gasteiger partial charge on any atom is 0.159 e. The lowest BCUT2D eigenvalue weighted by Crippen LogP contribution is -1.95. The summed E-state index contributed by atoms with van der Waals surface area (Å²) in [6.45, 7) is 6.02. The molecule has 0 saturated carbocycles. The molecule has 0 fully saturated rings. The molecular formula is C13H18O. The van der Waals surface area contributed by atoms with Gasteiger partial charge < -0.3 is 0 Å². The lowest BCUT2D eigenvalue weighted by Gasteiger charge is -2.10. The summed E-state index contributed by atoms with van der Waals surface area (Å²) in [4.78, 5) is 11.1. The number of hydrogen-bond acceptors (Lipinski definition) is 1. The van der Waals surface area contributed by atoms with Gasteiger partial charge in [-0.25, -0.2) is 0 Å². The van der Waals surface area contributed by atoms with Crippen molar-refractivity contribution in [1.82, 2.24) is 0 Å². The topological polar surface area (TPSA) is 17.1 Å². The lowest BCUT2D eigenvalue weighted by molar-refractivity contribution is 0.101. The molecule has 0 aliphatic heterocycles. The molecule has 1 aromatic carbocycles. The van der Waals surface area contributed by atoms with E-state index in [0.29, 0.717) is 5.92 Å². The first kappa shape index (κ1) is 11.0. The van der Waals surface area contributed by atoms with Gasteiger partial charge in [0.2, 0.25) is 0 Å². The Morgan fingerprint density at radius 2 is 1.86 bits per heavy atom. The molecule has 0 amide bonds.